The van der Waals surface area contributed by atoms with Gasteiger partial charge < -0.3 is 21.5 Å². The average Bonchev–Trinajstić information content (AvgIpc) is 2.34. The molecule has 0 saturated carbocycles. The Kier molecular flexibility index (Phi) is 5.81. The lowest BCUT2D eigenvalue weighted by molar-refractivity contribution is 0.0949. The molecule has 104 valence electrons. The van der Waals surface area contributed by atoms with Gasteiger partial charge >= 0.3 is 6.03 Å². The third-order valence-electron chi connectivity index (χ3n) is 2.50. The van der Waals surface area contributed by atoms with Gasteiger partial charge in [-0.25, -0.2) is 4.79 Å². The second-order valence-corrected chi connectivity index (χ2v) is 4.31. The van der Waals surface area contributed by atoms with Crippen LogP contribution in [0.15, 0.2) is 24.3 Å². The Morgan fingerprint density at radius 2 is 1.95 bits per heavy atom. The number of amides is 3. The van der Waals surface area contributed by atoms with Gasteiger partial charge in [0.15, 0.2) is 0 Å². The molecule has 0 saturated heterocycles. The van der Waals surface area contributed by atoms with Crippen molar-refractivity contribution in [1.82, 2.24) is 5.32 Å². The van der Waals surface area contributed by atoms with Crippen LogP contribution in [-0.4, -0.2) is 29.7 Å². The number of urea groups is 1. The number of carbonyl (C=O) groups is 2. The zero-order valence-corrected chi connectivity index (χ0v) is 10.8. The lowest BCUT2D eigenvalue weighted by atomic mass is 10.2. The fourth-order valence-corrected chi connectivity index (χ4v) is 1.55. The maximum atomic E-state index is 11.7. The van der Waals surface area contributed by atoms with Crippen molar-refractivity contribution in [2.45, 2.75) is 25.9 Å². The van der Waals surface area contributed by atoms with E-state index in [0.717, 1.165) is 6.42 Å². The molecule has 1 unspecified atom stereocenters. The fourth-order valence-electron chi connectivity index (χ4n) is 1.55. The van der Waals surface area contributed by atoms with E-state index in [1.54, 1.807) is 31.2 Å². The van der Waals surface area contributed by atoms with Crippen molar-refractivity contribution in [2.24, 2.45) is 5.73 Å². The largest absolute Gasteiger partial charge is 0.393 e. The summed E-state index contributed by atoms with van der Waals surface area (Å²) in [7, 11) is 0. The quantitative estimate of drug-likeness (QED) is 0.578. The molecule has 5 N–H and O–H groups in total. The van der Waals surface area contributed by atoms with E-state index in [9.17, 15) is 9.59 Å². The highest BCUT2D eigenvalue weighted by Crippen LogP contribution is 2.09. The van der Waals surface area contributed by atoms with Crippen molar-refractivity contribution in [2.75, 3.05) is 11.9 Å². The number of hydrogen-bond donors (Lipinski definition) is 4. The van der Waals surface area contributed by atoms with Gasteiger partial charge in [0.2, 0.25) is 0 Å². The first-order chi connectivity index (χ1) is 8.99. The standard InChI is InChI=1S/C13H19N3O3/c1-9(17)3-2-8-15-12(18)10-4-6-11(7-5-10)16-13(14)19/h4-7,9,17H,2-3,8H2,1H3,(H,15,18)(H3,14,16,19). The van der Waals surface area contributed by atoms with Crippen molar-refractivity contribution in [1.29, 1.82) is 0 Å². The molecule has 19 heavy (non-hydrogen) atoms. The summed E-state index contributed by atoms with van der Waals surface area (Å²) in [5, 5.41) is 14.2. The van der Waals surface area contributed by atoms with Crippen LogP contribution in [0.4, 0.5) is 10.5 Å². The van der Waals surface area contributed by atoms with Crippen molar-refractivity contribution in [3.63, 3.8) is 0 Å². The van der Waals surface area contributed by atoms with Gasteiger partial charge in [0, 0.05) is 17.8 Å². The zero-order chi connectivity index (χ0) is 14.3. The van der Waals surface area contributed by atoms with E-state index in [1.165, 1.54) is 0 Å². The molecule has 0 spiro atoms. The van der Waals surface area contributed by atoms with Crippen molar-refractivity contribution >= 4 is 17.6 Å². The van der Waals surface area contributed by atoms with E-state index in [4.69, 9.17) is 10.8 Å². The van der Waals surface area contributed by atoms with Crippen LogP contribution in [-0.2, 0) is 0 Å². The molecule has 0 radical (unpaired) electrons. The normalized spacial score (nSPS) is 11.7. The minimum atomic E-state index is -0.643. The number of nitrogens with one attached hydrogen (secondary N) is 2. The van der Waals surface area contributed by atoms with Crippen LogP contribution in [0.3, 0.4) is 0 Å². The molecule has 0 fully saturated rings. The summed E-state index contributed by atoms with van der Waals surface area (Å²) in [5.74, 6) is -0.184. The third kappa shape index (κ3) is 5.87. The first-order valence-electron chi connectivity index (χ1n) is 6.12. The van der Waals surface area contributed by atoms with Gasteiger partial charge in [-0.15, -0.1) is 0 Å². The van der Waals surface area contributed by atoms with Crippen LogP contribution >= 0.6 is 0 Å². The number of nitrogens with two attached hydrogens (primary N) is 1. The monoisotopic (exact) mass is 265 g/mol. The fraction of sp³-hybridized carbons (Fsp3) is 0.385. The number of hydrogen-bond acceptors (Lipinski definition) is 3. The van der Waals surface area contributed by atoms with Crippen molar-refractivity contribution in [3.05, 3.63) is 29.8 Å². The molecule has 0 aliphatic heterocycles. The van der Waals surface area contributed by atoms with Crippen molar-refractivity contribution in [3.8, 4) is 0 Å². The Hall–Kier alpha value is -2.08. The Balaban J connectivity index is 2.42. The van der Waals surface area contributed by atoms with Crippen LogP contribution in [0.1, 0.15) is 30.1 Å². The third-order valence-corrected chi connectivity index (χ3v) is 2.50. The molecular weight excluding hydrogens is 246 g/mol. The van der Waals surface area contributed by atoms with Crippen LogP contribution in [0, 0.1) is 0 Å². The minimum absolute atomic E-state index is 0.184. The number of aliphatic hydroxyl groups is 1. The number of rotatable bonds is 6. The molecule has 6 heteroatoms. The Labute approximate surface area is 112 Å². The molecule has 0 aliphatic carbocycles. The molecule has 1 aromatic rings. The lowest BCUT2D eigenvalue weighted by Gasteiger charge is -2.07. The second-order valence-electron chi connectivity index (χ2n) is 4.31. The van der Waals surface area contributed by atoms with Gasteiger partial charge in [-0.3, -0.25) is 4.79 Å². The molecule has 6 nitrogen and oxygen atoms in total. The van der Waals surface area contributed by atoms with E-state index in [0.29, 0.717) is 24.2 Å². The predicted octanol–water partition coefficient (Wildman–Crippen LogP) is 1.07. The zero-order valence-electron chi connectivity index (χ0n) is 10.8. The van der Waals surface area contributed by atoms with Gasteiger partial charge in [-0.1, -0.05) is 0 Å². The van der Waals surface area contributed by atoms with Crippen LogP contribution in [0.5, 0.6) is 0 Å². The number of primary amides is 1. The Morgan fingerprint density at radius 3 is 2.47 bits per heavy atom. The number of benzene rings is 1. The average molecular weight is 265 g/mol. The summed E-state index contributed by atoms with van der Waals surface area (Å²) in [5.41, 5.74) is 6.02. The van der Waals surface area contributed by atoms with Crippen LogP contribution < -0.4 is 16.4 Å². The Morgan fingerprint density at radius 1 is 1.32 bits per heavy atom. The highest BCUT2D eigenvalue weighted by atomic mass is 16.3. The van der Waals surface area contributed by atoms with E-state index < -0.39 is 6.03 Å². The molecule has 0 aliphatic rings. The van der Waals surface area contributed by atoms with Crippen LogP contribution in [0.25, 0.3) is 0 Å². The van der Waals surface area contributed by atoms with Gasteiger partial charge in [0.1, 0.15) is 0 Å². The maximum Gasteiger partial charge on any atom is 0.316 e. The summed E-state index contributed by atoms with van der Waals surface area (Å²) in [6, 6.07) is 5.78. The molecule has 1 rings (SSSR count). The summed E-state index contributed by atoms with van der Waals surface area (Å²) >= 11 is 0. The summed E-state index contributed by atoms with van der Waals surface area (Å²) in [4.78, 5) is 22.4. The van der Waals surface area contributed by atoms with Gasteiger partial charge in [0.25, 0.3) is 5.91 Å². The summed E-state index contributed by atoms with van der Waals surface area (Å²) < 4.78 is 0. The van der Waals surface area contributed by atoms with Crippen LogP contribution in [0.2, 0.25) is 0 Å². The van der Waals surface area contributed by atoms with E-state index in [2.05, 4.69) is 10.6 Å². The van der Waals surface area contributed by atoms with E-state index >= 15 is 0 Å². The van der Waals surface area contributed by atoms with Gasteiger partial charge in [0.05, 0.1) is 6.10 Å². The molecule has 1 atom stereocenters. The lowest BCUT2D eigenvalue weighted by Crippen LogP contribution is -2.25. The summed E-state index contributed by atoms with van der Waals surface area (Å²) in [6.45, 7) is 2.23. The maximum absolute atomic E-state index is 11.7. The predicted molar refractivity (Wildman–Crippen MR) is 72.9 cm³/mol. The smallest absolute Gasteiger partial charge is 0.316 e. The highest BCUT2D eigenvalue weighted by Gasteiger charge is 2.05. The molecule has 0 aromatic heterocycles. The summed E-state index contributed by atoms with van der Waals surface area (Å²) in [6.07, 6.45) is 1.03. The number of anilines is 1. The molecule has 3 amide bonds. The SMILES string of the molecule is CC(O)CCCNC(=O)c1ccc(NC(N)=O)cc1. The Bertz CT molecular complexity index is 429. The number of aliphatic hydroxyl groups excluding tert-OH is 1. The van der Waals surface area contributed by atoms with E-state index in [-0.39, 0.29) is 12.0 Å². The van der Waals surface area contributed by atoms with Gasteiger partial charge in [-0.2, -0.15) is 0 Å². The molecule has 0 heterocycles. The molecule has 1 aromatic carbocycles. The molecular formula is C13H19N3O3. The van der Waals surface area contributed by atoms with Gasteiger partial charge in [-0.05, 0) is 44.0 Å². The van der Waals surface area contributed by atoms with E-state index in [1.807, 2.05) is 0 Å². The highest BCUT2D eigenvalue weighted by molar-refractivity contribution is 5.95. The van der Waals surface area contributed by atoms with Crippen molar-refractivity contribution < 1.29 is 14.7 Å². The first-order valence-corrected chi connectivity index (χ1v) is 6.12. The molecule has 0 bridgehead atoms. The minimum Gasteiger partial charge on any atom is -0.393 e. The topological polar surface area (TPSA) is 104 Å². The second kappa shape index (κ2) is 7.38. The number of carbonyl (C=O) groups excluding carboxylic acids is 2. The first kappa shape index (κ1) is 15.0.